The maximum Gasteiger partial charge on any atom is 0.343 e. The second kappa shape index (κ2) is 10.7. The number of carbonyl (C=O) groups is 1. The predicted octanol–water partition coefficient (Wildman–Crippen LogP) is 5.31. The van der Waals surface area contributed by atoms with Gasteiger partial charge in [0.1, 0.15) is 11.5 Å². The molecule has 3 aromatic rings. The van der Waals surface area contributed by atoms with Crippen LogP contribution in [0.2, 0.25) is 0 Å². The van der Waals surface area contributed by atoms with Crippen molar-refractivity contribution in [1.29, 1.82) is 0 Å². The summed E-state index contributed by atoms with van der Waals surface area (Å²) in [6, 6.07) is 19.9. The number of anilines is 1. The average Bonchev–Trinajstić information content (AvgIpc) is 2.76. The van der Waals surface area contributed by atoms with E-state index in [1.54, 1.807) is 37.4 Å². The van der Waals surface area contributed by atoms with Crippen molar-refractivity contribution < 1.29 is 14.3 Å². The average molecular weight is 498 g/mol. The van der Waals surface area contributed by atoms with Gasteiger partial charge in [0, 0.05) is 15.7 Å². The Bertz CT molecular complexity index is 1120. The molecule has 0 saturated carbocycles. The van der Waals surface area contributed by atoms with Crippen molar-refractivity contribution in [1.82, 2.24) is 5.43 Å². The largest absolute Gasteiger partial charge is 0.497 e. The van der Waals surface area contributed by atoms with Crippen LogP contribution < -0.4 is 20.2 Å². The van der Waals surface area contributed by atoms with E-state index in [-0.39, 0.29) is 0 Å². The van der Waals surface area contributed by atoms with Crippen LogP contribution in [0.1, 0.15) is 21.5 Å². The molecular weight excluding hydrogens is 478 g/mol. The fraction of sp³-hybridized carbons (Fsp3) is 0.0870. The minimum Gasteiger partial charge on any atom is -0.497 e. The first-order valence-electron chi connectivity index (χ1n) is 9.28. The van der Waals surface area contributed by atoms with Gasteiger partial charge in [-0.15, -0.1) is 0 Å². The van der Waals surface area contributed by atoms with E-state index in [2.05, 4.69) is 31.8 Å². The van der Waals surface area contributed by atoms with Crippen molar-refractivity contribution in [3.05, 3.63) is 87.9 Å². The standard InChI is InChI=1S/C23H20BrN3O3S/c1-15-5-3-4-6-20(15)22(28)30-21-12-7-17(24)13-16(21)14-25-27-23(31)26-18-8-10-19(29-2)11-9-18/h3-14H,1-2H3,(H2,26,27,31)/b25-14+. The van der Waals surface area contributed by atoms with Gasteiger partial charge in [-0.3, -0.25) is 5.43 Å². The Labute approximate surface area is 194 Å². The topological polar surface area (TPSA) is 71.9 Å². The maximum atomic E-state index is 12.6. The number of hydrogen-bond donors (Lipinski definition) is 2. The number of benzene rings is 3. The second-order valence-electron chi connectivity index (χ2n) is 6.44. The van der Waals surface area contributed by atoms with Gasteiger partial charge in [-0.1, -0.05) is 34.1 Å². The molecule has 0 atom stereocenters. The number of ether oxygens (including phenoxy) is 2. The van der Waals surface area contributed by atoms with E-state index in [0.717, 1.165) is 21.5 Å². The number of rotatable bonds is 6. The van der Waals surface area contributed by atoms with Gasteiger partial charge in [-0.2, -0.15) is 5.10 Å². The lowest BCUT2D eigenvalue weighted by Crippen LogP contribution is -2.23. The first kappa shape index (κ1) is 22.5. The summed E-state index contributed by atoms with van der Waals surface area (Å²) in [5, 5.41) is 7.49. The van der Waals surface area contributed by atoms with Gasteiger partial charge >= 0.3 is 5.97 Å². The van der Waals surface area contributed by atoms with Crippen molar-refractivity contribution in [2.75, 3.05) is 12.4 Å². The molecule has 0 aliphatic heterocycles. The molecule has 0 bridgehead atoms. The number of esters is 1. The Morgan fingerprint density at radius 3 is 2.55 bits per heavy atom. The Morgan fingerprint density at radius 1 is 1.10 bits per heavy atom. The summed E-state index contributed by atoms with van der Waals surface area (Å²) in [7, 11) is 1.61. The number of thiocarbonyl (C=S) groups is 1. The van der Waals surface area contributed by atoms with Crippen molar-refractivity contribution in [2.45, 2.75) is 6.92 Å². The first-order valence-corrected chi connectivity index (χ1v) is 10.5. The summed E-state index contributed by atoms with van der Waals surface area (Å²) in [5.74, 6) is 0.709. The van der Waals surface area contributed by atoms with E-state index in [0.29, 0.717) is 22.0 Å². The third kappa shape index (κ3) is 6.37. The Hall–Kier alpha value is -3.23. The molecule has 31 heavy (non-hydrogen) atoms. The smallest absolute Gasteiger partial charge is 0.343 e. The van der Waals surface area contributed by atoms with Crippen LogP contribution in [0, 0.1) is 6.92 Å². The molecule has 0 heterocycles. The monoisotopic (exact) mass is 497 g/mol. The Morgan fingerprint density at radius 2 is 1.84 bits per heavy atom. The fourth-order valence-electron chi connectivity index (χ4n) is 2.66. The van der Waals surface area contributed by atoms with Crippen LogP contribution in [0.4, 0.5) is 5.69 Å². The zero-order valence-corrected chi connectivity index (χ0v) is 19.3. The molecule has 158 valence electrons. The first-order chi connectivity index (χ1) is 15.0. The van der Waals surface area contributed by atoms with Gasteiger partial charge in [-0.05, 0) is 73.2 Å². The summed E-state index contributed by atoms with van der Waals surface area (Å²) in [5.41, 5.74) is 5.51. The predicted molar refractivity (Wildman–Crippen MR) is 130 cm³/mol. The normalized spacial score (nSPS) is 10.5. The molecule has 0 fully saturated rings. The molecule has 6 nitrogen and oxygen atoms in total. The Balaban J connectivity index is 1.67. The van der Waals surface area contributed by atoms with E-state index >= 15 is 0 Å². The van der Waals surface area contributed by atoms with Gasteiger partial charge in [0.25, 0.3) is 0 Å². The van der Waals surface area contributed by atoms with Gasteiger partial charge in [-0.25, -0.2) is 4.79 Å². The summed E-state index contributed by atoms with van der Waals surface area (Å²) in [6.07, 6.45) is 1.53. The van der Waals surface area contributed by atoms with Crippen molar-refractivity contribution in [3.8, 4) is 11.5 Å². The fourth-order valence-corrected chi connectivity index (χ4v) is 3.21. The highest BCUT2D eigenvalue weighted by atomic mass is 79.9. The van der Waals surface area contributed by atoms with Crippen LogP contribution in [0.15, 0.2) is 76.3 Å². The highest BCUT2D eigenvalue weighted by Gasteiger charge is 2.13. The summed E-state index contributed by atoms with van der Waals surface area (Å²) in [6.45, 7) is 1.86. The van der Waals surface area contributed by atoms with Crippen LogP contribution in [0.5, 0.6) is 11.5 Å². The van der Waals surface area contributed by atoms with E-state index in [4.69, 9.17) is 21.7 Å². The lowest BCUT2D eigenvalue weighted by Gasteiger charge is -2.10. The van der Waals surface area contributed by atoms with Gasteiger partial charge < -0.3 is 14.8 Å². The molecule has 3 aromatic carbocycles. The van der Waals surface area contributed by atoms with Crippen LogP contribution in [-0.2, 0) is 0 Å². The molecular formula is C23H20BrN3O3S. The lowest BCUT2D eigenvalue weighted by atomic mass is 10.1. The summed E-state index contributed by atoms with van der Waals surface area (Å²) < 4.78 is 11.6. The Kier molecular flexibility index (Phi) is 7.75. The molecule has 8 heteroatoms. The van der Waals surface area contributed by atoms with E-state index < -0.39 is 5.97 Å². The minimum atomic E-state index is -0.431. The molecule has 0 aliphatic rings. The van der Waals surface area contributed by atoms with Gasteiger partial charge in [0.05, 0.1) is 18.9 Å². The van der Waals surface area contributed by atoms with Crippen molar-refractivity contribution >= 4 is 51.1 Å². The molecule has 0 aliphatic carbocycles. The zero-order valence-electron chi connectivity index (χ0n) is 16.9. The van der Waals surface area contributed by atoms with E-state index in [1.165, 1.54) is 6.21 Å². The SMILES string of the molecule is COc1ccc(NC(=S)N/N=C/c2cc(Br)ccc2OC(=O)c2ccccc2C)cc1. The van der Waals surface area contributed by atoms with Crippen LogP contribution in [0.3, 0.4) is 0 Å². The molecule has 0 unspecified atom stereocenters. The molecule has 0 saturated heterocycles. The quantitative estimate of drug-likeness (QED) is 0.158. The number of nitrogens with one attached hydrogen (secondary N) is 2. The molecule has 3 rings (SSSR count). The number of methoxy groups -OCH3 is 1. The zero-order chi connectivity index (χ0) is 22.2. The van der Waals surface area contributed by atoms with Gasteiger partial charge in [0.15, 0.2) is 5.11 Å². The van der Waals surface area contributed by atoms with Crippen molar-refractivity contribution in [3.63, 3.8) is 0 Å². The van der Waals surface area contributed by atoms with E-state index in [9.17, 15) is 4.79 Å². The van der Waals surface area contributed by atoms with Crippen LogP contribution in [-0.4, -0.2) is 24.4 Å². The van der Waals surface area contributed by atoms with Crippen LogP contribution in [0.25, 0.3) is 0 Å². The highest BCUT2D eigenvalue weighted by molar-refractivity contribution is 9.10. The van der Waals surface area contributed by atoms with Crippen molar-refractivity contribution in [2.24, 2.45) is 5.10 Å². The van der Waals surface area contributed by atoms with Gasteiger partial charge in [0.2, 0.25) is 0 Å². The number of carbonyl (C=O) groups excluding carboxylic acids is 1. The third-order valence-electron chi connectivity index (χ3n) is 4.26. The number of hydrogen-bond acceptors (Lipinski definition) is 5. The number of aryl methyl sites for hydroxylation is 1. The minimum absolute atomic E-state index is 0.315. The lowest BCUT2D eigenvalue weighted by molar-refractivity contribution is 0.0733. The highest BCUT2D eigenvalue weighted by Crippen LogP contribution is 2.23. The van der Waals surface area contributed by atoms with Crippen LogP contribution >= 0.6 is 28.1 Å². The number of hydrazone groups is 1. The second-order valence-corrected chi connectivity index (χ2v) is 7.76. The molecule has 0 aromatic heterocycles. The van der Waals surface area contributed by atoms with E-state index in [1.807, 2.05) is 43.3 Å². The molecule has 0 radical (unpaired) electrons. The summed E-state index contributed by atoms with van der Waals surface area (Å²) >= 11 is 8.68. The number of halogens is 1. The maximum absolute atomic E-state index is 12.6. The number of nitrogens with zero attached hydrogens (tertiary/aromatic N) is 1. The molecule has 0 spiro atoms. The third-order valence-corrected chi connectivity index (χ3v) is 4.94. The molecule has 2 N–H and O–H groups in total. The summed E-state index contributed by atoms with van der Waals surface area (Å²) in [4.78, 5) is 12.6. The molecule has 0 amide bonds.